The summed E-state index contributed by atoms with van der Waals surface area (Å²) in [7, 11) is -5.47. The van der Waals surface area contributed by atoms with Gasteiger partial charge in [-0.1, -0.05) is 6.07 Å². The van der Waals surface area contributed by atoms with Gasteiger partial charge in [-0.15, -0.1) is 0 Å². The van der Waals surface area contributed by atoms with Gasteiger partial charge in [0.2, 0.25) is 0 Å². The molecule has 2 aliphatic heterocycles. The van der Waals surface area contributed by atoms with Crippen molar-refractivity contribution in [2.24, 2.45) is 0 Å². The Balaban J connectivity index is 0.000000294. The summed E-state index contributed by atoms with van der Waals surface area (Å²) in [6.45, 7) is 0. The number of amides is 4. The summed E-state index contributed by atoms with van der Waals surface area (Å²) < 4.78 is 166. The van der Waals surface area contributed by atoms with Crippen LogP contribution in [0.15, 0.2) is 51.5 Å². The van der Waals surface area contributed by atoms with E-state index in [1.54, 1.807) is 5.32 Å². The summed E-state index contributed by atoms with van der Waals surface area (Å²) in [5.74, 6) is -7.42. The van der Waals surface area contributed by atoms with Crippen LogP contribution in [0.1, 0.15) is 26.3 Å². The highest BCUT2D eigenvalue weighted by Crippen LogP contribution is 2.42. The van der Waals surface area contributed by atoms with Gasteiger partial charge in [0.05, 0.1) is 28.1 Å². The second kappa shape index (κ2) is 14.3. The fraction of sp³-hybridized carbons (Fsp3) is 0.259. The zero-order valence-electron chi connectivity index (χ0n) is 27.2. The van der Waals surface area contributed by atoms with Crippen LogP contribution >= 0.6 is 0 Å². The van der Waals surface area contributed by atoms with Gasteiger partial charge in [0.15, 0.2) is 21.3 Å². The zero-order chi connectivity index (χ0) is 41.7. The maximum absolute atomic E-state index is 13.2. The number of aromatic hydroxyl groups is 2. The highest BCUT2D eigenvalue weighted by molar-refractivity contribution is 7.94. The zero-order valence-corrected chi connectivity index (χ0v) is 28.8. The highest BCUT2D eigenvalue weighted by atomic mass is 32.2. The van der Waals surface area contributed by atoms with Gasteiger partial charge < -0.3 is 30.6 Å². The van der Waals surface area contributed by atoms with Crippen LogP contribution in [-0.4, -0.2) is 101 Å². The first-order chi connectivity index (χ1) is 24.3. The van der Waals surface area contributed by atoms with Gasteiger partial charge in [-0.3, -0.25) is 19.2 Å². The molecule has 6 N–H and O–H groups in total. The average Bonchev–Trinajstić information content (AvgIpc) is 3.37. The van der Waals surface area contributed by atoms with Crippen LogP contribution in [0.25, 0.3) is 0 Å². The first kappa shape index (κ1) is 42.7. The molecule has 54 heavy (non-hydrogen) atoms. The Kier molecular flexibility index (Phi) is 11.3. The van der Waals surface area contributed by atoms with Crippen LogP contribution in [0.3, 0.4) is 0 Å². The number of anilines is 2. The van der Waals surface area contributed by atoms with E-state index in [2.05, 4.69) is 0 Å². The van der Waals surface area contributed by atoms with Crippen LogP contribution in [0.5, 0.6) is 11.5 Å². The smallest absolute Gasteiger partial charge is 0.431 e. The molecule has 4 rings (SSSR count). The van der Waals surface area contributed by atoms with E-state index in [4.69, 9.17) is 0 Å². The number of sulfonamides is 2. The van der Waals surface area contributed by atoms with E-state index in [1.807, 2.05) is 5.32 Å². The molecule has 0 aliphatic carbocycles. The van der Waals surface area contributed by atoms with Crippen molar-refractivity contribution in [2.75, 3.05) is 38.8 Å². The molecule has 4 amide bonds. The fourth-order valence-electron chi connectivity index (χ4n) is 4.43. The first-order valence-corrected chi connectivity index (χ1v) is 16.8. The number of nitrogens with one attached hydrogen (secondary N) is 4. The second-order valence-corrected chi connectivity index (χ2v) is 14.2. The molecule has 296 valence electrons. The van der Waals surface area contributed by atoms with Crippen LogP contribution in [0, 0.1) is 0 Å². The van der Waals surface area contributed by atoms with Crippen LogP contribution in [0.2, 0.25) is 0 Å². The molecule has 27 heteroatoms. The number of benzene rings is 2. The number of carbonyl (C=O) groups is 4. The molecule has 0 spiro atoms. The first-order valence-electron chi connectivity index (χ1n) is 13.8. The Morgan fingerprint density at radius 3 is 1.41 bits per heavy atom. The van der Waals surface area contributed by atoms with Crippen LogP contribution in [0.4, 0.5) is 50.9 Å². The molecule has 0 saturated heterocycles. The summed E-state index contributed by atoms with van der Waals surface area (Å²) in [4.78, 5) is 44.6. The van der Waals surface area contributed by atoms with E-state index in [-0.39, 0.29) is 11.6 Å². The van der Waals surface area contributed by atoms with Gasteiger partial charge in [0.25, 0.3) is 43.7 Å². The third kappa shape index (κ3) is 8.56. The summed E-state index contributed by atoms with van der Waals surface area (Å²) >= 11 is 0. The largest absolute Gasteiger partial charge is 0.505 e. The van der Waals surface area contributed by atoms with Crippen LogP contribution < -0.4 is 20.1 Å². The number of alkyl halides is 9. The van der Waals surface area contributed by atoms with Gasteiger partial charge in [-0.2, -0.15) is 39.5 Å². The molecular weight excluding hydrogens is 803 g/mol. The number of allylic oxidation sites excluding steroid dienone is 2. The maximum Gasteiger partial charge on any atom is 0.431 e. The quantitative estimate of drug-likeness (QED) is 0.182. The van der Waals surface area contributed by atoms with Crippen LogP contribution in [-0.2, 0) is 35.8 Å². The van der Waals surface area contributed by atoms with Crippen molar-refractivity contribution in [3.8, 4) is 11.5 Å². The van der Waals surface area contributed by atoms with Gasteiger partial charge >= 0.3 is 18.5 Å². The molecule has 0 atom stereocenters. The predicted molar refractivity (Wildman–Crippen MR) is 165 cm³/mol. The number of nitrogens with zero attached hydrogens (tertiary/aromatic N) is 2. The number of phenolic OH excluding ortho intramolecular Hbond substituents is 2. The Morgan fingerprint density at radius 1 is 0.630 bits per heavy atom. The lowest BCUT2D eigenvalue weighted by Gasteiger charge is -2.19. The van der Waals surface area contributed by atoms with Crippen molar-refractivity contribution in [1.29, 1.82) is 0 Å². The molecule has 2 aromatic rings. The van der Waals surface area contributed by atoms with E-state index in [9.17, 15) is 85.7 Å². The molecule has 2 aromatic carbocycles. The van der Waals surface area contributed by atoms with Crippen molar-refractivity contribution in [2.45, 2.75) is 18.5 Å². The van der Waals surface area contributed by atoms with Gasteiger partial charge in [-0.05, 0) is 24.3 Å². The number of halogens is 9. The Labute approximate surface area is 297 Å². The molecule has 0 radical (unpaired) electrons. The molecule has 0 bridgehead atoms. The third-order valence-corrected chi connectivity index (χ3v) is 9.56. The average molecular weight is 827 g/mol. The Bertz CT molecular complexity index is 2230. The SMILES string of the molecule is CN(C)C(=O)c1c(C(F)(F)F)ccc(NC2=C(C(F)(F)F)S(=O)(=O)NC2=O)c1O.CN(C)C(=O)c1cccc(NC2=C(C(F)(F)F)S(=O)(=O)NC2=O)c1O. The lowest BCUT2D eigenvalue weighted by atomic mass is 10.0. The van der Waals surface area contributed by atoms with E-state index in [1.165, 1.54) is 31.0 Å². The van der Waals surface area contributed by atoms with Gasteiger partial charge in [-0.25, -0.2) is 26.3 Å². The third-order valence-electron chi connectivity index (χ3n) is 6.71. The number of para-hydroxylation sites is 1. The lowest BCUT2D eigenvalue weighted by molar-refractivity contribution is -0.138. The fourth-order valence-corrected chi connectivity index (χ4v) is 6.76. The number of rotatable bonds is 6. The van der Waals surface area contributed by atoms with Gasteiger partial charge in [0.1, 0.15) is 11.4 Å². The number of hydrogen-bond donors (Lipinski definition) is 6. The second-order valence-electron chi connectivity index (χ2n) is 11.0. The molecule has 2 heterocycles. The summed E-state index contributed by atoms with van der Waals surface area (Å²) in [6.07, 6.45) is -16.0. The summed E-state index contributed by atoms with van der Waals surface area (Å²) in [6, 6.07) is 4.28. The minimum Gasteiger partial charge on any atom is -0.505 e. The lowest BCUT2D eigenvalue weighted by Crippen LogP contribution is -2.27. The van der Waals surface area contributed by atoms with Gasteiger partial charge in [0, 0.05) is 28.2 Å². The molecular formula is C27H23F9N6O10S2. The topological polar surface area (TPSA) is 232 Å². The van der Waals surface area contributed by atoms with Crippen molar-refractivity contribution in [3.63, 3.8) is 0 Å². The molecule has 16 nitrogen and oxygen atoms in total. The van der Waals surface area contributed by atoms with Crippen molar-refractivity contribution in [1.82, 2.24) is 19.2 Å². The van der Waals surface area contributed by atoms with E-state index < -0.39 is 117 Å². The summed E-state index contributed by atoms with van der Waals surface area (Å²) in [5.41, 5.74) is -7.36. The highest BCUT2D eigenvalue weighted by Gasteiger charge is 2.53. The molecule has 0 unspecified atom stereocenters. The van der Waals surface area contributed by atoms with E-state index >= 15 is 0 Å². The minimum atomic E-state index is -5.54. The predicted octanol–water partition coefficient (Wildman–Crippen LogP) is 2.50. The molecule has 0 fully saturated rings. The Morgan fingerprint density at radius 2 is 1.04 bits per heavy atom. The normalized spacial score (nSPS) is 16.6. The minimum absolute atomic E-state index is 0.245. The number of phenols is 2. The molecule has 0 aromatic heterocycles. The number of carbonyl (C=O) groups excluding carboxylic acids is 4. The standard InChI is InChI=1S/C14H11F6N3O5S.C13H12F3N3O5S/c1-23(2)12(26)7-5(13(15,16)17)3-4-6(9(7)24)21-8-10(14(18,19)20)29(27,28)22-11(8)25;1-19(2)12(22)6-4-3-5-7(9(6)20)17-8-10(13(14,15)16)25(23,24)18-11(8)21/h3-4,21,24H,1-2H3,(H,22,25);3-5,17,20H,1-2H3,(H,18,21). The monoisotopic (exact) mass is 826 g/mol. The van der Waals surface area contributed by atoms with Crippen molar-refractivity contribution < 1.29 is 85.7 Å². The van der Waals surface area contributed by atoms with E-state index in [0.29, 0.717) is 11.0 Å². The van der Waals surface area contributed by atoms with Crippen molar-refractivity contribution >= 4 is 55.1 Å². The Hall–Kier alpha value is -5.73. The molecule has 0 saturated carbocycles. The molecule has 2 aliphatic rings. The van der Waals surface area contributed by atoms with Crippen molar-refractivity contribution in [3.05, 3.63) is 68.2 Å². The number of hydrogen-bond acceptors (Lipinski definition) is 12. The maximum atomic E-state index is 13.2. The van der Waals surface area contributed by atoms with E-state index in [0.717, 1.165) is 29.8 Å². The summed E-state index contributed by atoms with van der Waals surface area (Å²) in [5, 5.41) is 23.8.